The third kappa shape index (κ3) is 4.20. The zero-order chi connectivity index (χ0) is 24.3. The van der Waals surface area contributed by atoms with Gasteiger partial charge in [-0.2, -0.15) is 5.10 Å². The van der Waals surface area contributed by atoms with Gasteiger partial charge in [0, 0.05) is 35.1 Å². The molecule has 1 saturated heterocycles. The molecule has 6 rings (SSSR count). The summed E-state index contributed by atoms with van der Waals surface area (Å²) in [7, 11) is 0. The second kappa shape index (κ2) is 9.62. The lowest BCUT2D eigenvalue weighted by atomic mass is 9.97. The number of ketones is 1. The molecule has 0 saturated carbocycles. The molecule has 1 N–H and O–H groups in total. The van der Waals surface area contributed by atoms with Crippen LogP contribution in [0.1, 0.15) is 28.9 Å². The van der Waals surface area contributed by atoms with Gasteiger partial charge in [0.15, 0.2) is 5.71 Å². The lowest BCUT2D eigenvalue weighted by Gasteiger charge is -2.17. The van der Waals surface area contributed by atoms with E-state index in [1.54, 1.807) is 0 Å². The Morgan fingerprint density at radius 1 is 0.722 bits per heavy atom. The summed E-state index contributed by atoms with van der Waals surface area (Å²) in [6.45, 7) is 2.13. The summed E-state index contributed by atoms with van der Waals surface area (Å²) in [4.78, 5) is 21.3. The average molecular weight is 471 g/mol. The van der Waals surface area contributed by atoms with Crippen LogP contribution in [-0.4, -0.2) is 29.6 Å². The van der Waals surface area contributed by atoms with E-state index in [2.05, 4.69) is 27.6 Å². The number of rotatable bonds is 6. The van der Waals surface area contributed by atoms with Crippen molar-refractivity contribution in [3.8, 4) is 0 Å². The second-order valence-corrected chi connectivity index (χ2v) is 9.03. The fourth-order valence-corrected chi connectivity index (χ4v) is 4.86. The predicted molar refractivity (Wildman–Crippen MR) is 148 cm³/mol. The summed E-state index contributed by atoms with van der Waals surface area (Å²) >= 11 is 0. The van der Waals surface area contributed by atoms with Crippen molar-refractivity contribution in [1.82, 2.24) is 4.98 Å². The molecule has 4 aromatic carbocycles. The van der Waals surface area contributed by atoms with Gasteiger partial charge in [0.1, 0.15) is 5.69 Å². The van der Waals surface area contributed by atoms with Crippen LogP contribution in [0.3, 0.4) is 0 Å². The van der Waals surface area contributed by atoms with E-state index in [-0.39, 0.29) is 11.5 Å². The van der Waals surface area contributed by atoms with Crippen molar-refractivity contribution in [2.24, 2.45) is 5.10 Å². The minimum Gasteiger partial charge on any atom is -0.372 e. The molecule has 1 aliphatic heterocycles. The number of benzene rings is 4. The first kappa shape index (κ1) is 22.0. The Labute approximate surface area is 210 Å². The number of nitrogens with zero attached hydrogens (tertiary/aromatic N) is 3. The van der Waals surface area contributed by atoms with Crippen LogP contribution >= 0.6 is 0 Å². The molecule has 0 spiro atoms. The van der Waals surface area contributed by atoms with Gasteiger partial charge in [-0.25, -0.2) is 4.98 Å². The lowest BCUT2D eigenvalue weighted by Crippen LogP contribution is -2.20. The first-order valence-corrected chi connectivity index (χ1v) is 12.3. The Balaban J connectivity index is 1.48. The van der Waals surface area contributed by atoms with E-state index < -0.39 is 0 Å². The van der Waals surface area contributed by atoms with Gasteiger partial charge in [-0.05, 0) is 60.7 Å². The molecular formula is C31H26N4O. The molecule has 36 heavy (non-hydrogen) atoms. The van der Waals surface area contributed by atoms with E-state index in [1.807, 2.05) is 91.0 Å². The highest BCUT2D eigenvalue weighted by molar-refractivity contribution is 6.53. The molecule has 2 heterocycles. The van der Waals surface area contributed by atoms with Crippen LogP contribution in [0.2, 0.25) is 0 Å². The predicted octanol–water partition coefficient (Wildman–Crippen LogP) is 6.69. The fourth-order valence-electron chi connectivity index (χ4n) is 4.86. The van der Waals surface area contributed by atoms with Crippen molar-refractivity contribution in [1.29, 1.82) is 0 Å². The molecule has 1 fully saturated rings. The topological polar surface area (TPSA) is 57.6 Å². The highest BCUT2D eigenvalue weighted by atomic mass is 16.1. The molecule has 5 aromatic rings. The molecule has 5 nitrogen and oxygen atoms in total. The molecule has 0 aliphatic carbocycles. The van der Waals surface area contributed by atoms with Gasteiger partial charge >= 0.3 is 0 Å². The molecule has 0 unspecified atom stereocenters. The number of hydrogen-bond acceptors (Lipinski definition) is 5. The van der Waals surface area contributed by atoms with Crippen LogP contribution in [0, 0.1) is 0 Å². The van der Waals surface area contributed by atoms with Crippen LogP contribution in [0.5, 0.6) is 0 Å². The summed E-state index contributed by atoms with van der Waals surface area (Å²) in [5, 5.41) is 7.63. The van der Waals surface area contributed by atoms with E-state index in [4.69, 9.17) is 4.98 Å². The Hall–Kier alpha value is -4.51. The zero-order valence-electron chi connectivity index (χ0n) is 19.9. The van der Waals surface area contributed by atoms with E-state index >= 15 is 0 Å². The van der Waals surface area contributed by atoms with Gasteiger partial charge in [-0.3, -0.25) is 10.2 Å². The number of fused-ring (bicyclic) bond motifs is 3. The largest absolute Gasteiger partial charge is 0.372 e. The summed E-state index contributed by atoms with van der Waals surface area (Å²) in [6.07, 6.45) is 2.42. The number of carbonyl (C=O) groups excluding carboxylic acids is 1. The number of pyridine rings is 1. The van der Waals surface area contributed by atoms with E-state index in [0.717, 1.165) is 46.1 Å². The van der Waals surface area contributed by atoms with Gasteiger partial charge in [0.25, 0.3) is 0 Å². The van der Waals surface area contributed by atoms with Crippen molar-refractivity contribution in [2.45, 2.75) is 12.8 Å². The minimum atomic E-state index is -0.167. The molecule has 5 heteroatoms. The van der Waals surface area contributed by atoms with Crippen LogP contribution in [0.15, 0.2) is 108 Å². The smallest absolute Gasteiger partial charge is 0.215 e. The fraction of sp³-hybridized carbons (Fsp3) is 0.129. The number of hydrogen-bond donors (Lipinski definition) is 1. The zero-order valence-corrected chi connectivity index (χ0v) is 19.9. The normalized spacial score (nSPS) is 13.9. The molecule has 0 atom stereocenters. The van der Waals surface area contributed by atoms with Crippen molar-refractivity contribution >= 4 is 44.5 Å². The SMILES string of the molecule is O=C(/C(=N\Nc1ccccc1)c1nc2ccccc2c2ccccc12)c1ccc(N2CCCC2)cc1. The number of aromatic nitrogens is 1. The van der Waals surface area contributed by atoms with E-state index in [0.29, 0.717) is 11.3 Å². The van der Waals surface area contributed by atoms with Crippen LogP contribution in [-0.2, 0) is 0 Å². The van der Waals surface area contributed by atoms with Crippen molar-refractivity contribution < 1.29 is 4.79 Å². The van der Waals surface area contributed by atoms with E-state index in [1.165, 1.54) is 12.8 Å². The number of nitrogens with one attached hydrogen (secondary N) is 1. The number of hydrazone groups is 1. The quantitative estimate of drug-likeness (QED) is 0.130. The molecule has 0 radical (unpaired) electrons. The molecule has 0 amide bonds. The Morgan fingerprint density at radius 2 is 1.36 bits per heavy atom. The standard InChI is InChI=1S/C31H26N4O/c36-31(22-16-18-24(19-17-22)35-20-8-9-21-35)30(34-33-23-10-2-1-3-11-23)29-27-14-5-4-12-25(27)26-13-6-7-15-28(26)32-29/h1-7,10-19,33H,8-9,20-21H2/b34-30-. The van der Waals surface area contributed by atoms with Crippen molar-refractivity contribution in [2.75, 3.05) is 23.4 Å². The highest BCUT2D eigenvalue weighted by Crippen LogP contribution is 2.28. The number of Topliss-reactive ketones (excluding diaryl/α,β-unsaturated/α-hetero) is 1. The van der Waals surface area contributed by atoms with Crippen molar-refractivity contribution in [3.05, 3.63) is 114 Å². The Bertz CT molecular complexity index is 1570. The Kier molecular flexibility index (Phi) is 5.88. The molecule has 1 aromatic heterocycles. The molecule has 0 bridgehead atoms. The third-order valence-electron chi connectivity index (χ3n) is 6.72. The number of carbonyl (C=O) groups is 1. The summed E-state index contributed by atoms with van der Waals surface area (Å²) in [5.41, 5.74) is 7.31. The van der Waals surface area contributed by atoms with Gasteiger partial charge in [-0.15, -0.1) is 0 Å². The maximum absolute atomic E-state index is 14.0. The average Bonchev–Trinajstić information content (AvgIpc) is 3.49. The van der Waals surface area contributed by atoms with Crippen LogP contribution in [0.25, 0.3) is 21.7 Å². The van der Waals surface area contributed by atoms with Gasteiger partial charge in [0.05, 0.1) is 11.2 Å². The maximum Gasteiger partial charge on any atom is 0.215 e. The van der Waals surface area contributed by atoms with E-state index in [9.17, 15) is 4.79 Å². The van der Waals surface area contributed by atoms with Gasteiger partial charge in [-0.1, -0.05) is 60.7 Å². The van der Waals surface area contributed by atoms with Crippen LogP contribution < -0.4 is 10.3 Å². The van der Waals surface area contributed by atoms with Gasteiger partial charge in [0.2, 0.25) is 5.78 Å². The molecule has 1 aliphatic rings. The summed E-state index contributed by atoms with van der Waals surface area (Å²) in [5.74, 6) is -0.167. The molecular weight excluding hydrogens is 444 g/mol. The highest BCUT2D eigenvalue weighted by Gasteiger charge is 2.22. The first-order chi connectivity index (χ1) is 17.8. The number of anilines is 2. The third-order valence-corrected chi connectivity index (χ3v) is 6.72. The lowest BCUT2D eigenvalue weighted by molar-refractivity contribution is 0.106. The van der Waals surface area contributed by atoms with Crippen LogP contribution in [0.4, 0.5) is 11.4 Å². The number of para-hydroxylation sites is 2. The van der Waals surface area contributed by atoms with Crippen molar-refractivity contribution in [3.63, 3.8) is 0 Å². The van der Waals surface area contributed by atoms with Gasteiger partial charge < -0.3 is 4.90 Å². The second-order valence-electron chi connectivity index (χ2n) is 9.03. The summed E-state index contributed by atoms with van der Waals surface area (Å²) < 4.78 is 0. The minimum absolute atomic E-state index is 0.167. The summed E-state index contributed by atoms with van der Waals surface area (Å²) in [6, 6.07) is 33.6. The first-order valence-electron chi connectivity index (χ1n) is 12.3. The Morgan fingerprint density at radius 3 is 2.11 bits per heavy atom. The maximum atomic E-state index is 14.0. The molecule has 176 valence electrons. The monoisotopic (exact) mass is 470 g/mol.